The average Bonchev–Trinajstić information content (AvgIpc) is 2.44. The van der Waals surface area contributed by atoms with Crippen LogP contribution in [0.4, 0.5) is 0 Å². The minimum atomic E-state index is 0.137. The lowest BCUT2D eigenvalue weighted by molar-refractivity contribution is -0.128. The van der Waals surface area contributed by atoms with Gasteiger partial charge in [0.1, 0.15) is 0 Å². The molecule has 0 spiro atoms. The molecule has 1 rings (SSSR count). The van der Waals surface area contributed by atoms with Crippen molar-refractivity contribution in [3.63, 3.8) is 0 Å². The van der Waals surface area contributed by atoms with Crippen molar-refractivity contribution < 1.29 is 4.79 Å². The molecule has 4 heteroatoms. The van der Waals surface area contributed by atoms with E-state index < -0.39 is 0 Å². The van der Waals surface area contributed by atoms with Crippen LogP contribution in [0.5, 0.6) is 0 Å². The third-order valence-corrected chi connectivity index (χ3v) is 4.36. The van der Waals surface area contributed by atoms with Crippen molar-refractivity contribution in [1.82, 2.24) is 10.2 Å². The van der Waals surface area contributed by atoms with Gasteiger partial charge in [-0.15, -0.1) is 0 Å². The Balaban J connectivity index is 2.44. The Labute approximate surface area is 118 Å². The maximum absolute atomic E-state index is 12.4. The minimum Gasteiger partial charge on any atom is -0.352 e. The summed E-state index contributed by atoms with van der Waals surface area (Å²) in [4.78, 5) is 14.7. The summed E-state index contributed by atoms with van der Waals surface area (Å²) < 4.78 is 0. The standard InChI is InChI=1S/C15H31N3O/c1-4-18(5-2)11-12(3)17-15(19)14-9-7-6-8-13(14)10-16/h12-14H,4-11,16H2,1-3H3,(H,17,19). The normalized spacial score (nSPS) is 25.3. The lowest BCUT2D eigenvalue weighted by atomic mass is 9.78. The van der Waals surface area contributed by atoms with Crippen LogP contribution >= 0.6 is 0 Å². The molecule has 0 aliphatic heterocycles. The summed E-state index contributed by atoms with van der Waals surface area (Å²) in [6.45, 7) is 10.0. The first-order valence-corrected chi connectivity index (χ1v) is 7.85. The topological polar surface area (TPSA) is 58.4 Å². The number of amides is 1. The van der Waals surface area contributed by atoms with E-state index in [-0.39, 0.29) is 17.9 Å². The minimum absolute atomic E-state index is 0.137. The zero-order valence-electron chi connectivity index (χ0n) is 12.8. The van der Waals surface area contributed by atoms with Crippen LogP contribution < -0.4 is 11.1 Å². The molecule has 0 aromatic heterocycles. The summed E-state index contributed by atoms with van der Waals surface area (Å²) in [5.41, 5.74) is 5.80. The maximum Gasteiger partial charge on any atom is 0.223 e. The molecule has 1 amide bonds. The molecule has 0 radical (unpaired) electrons. The van der Waals surface area contributed by atoms with E-state index in [0.717, 1.165) is 32.5 Å². The Morgan fingerprint density at radius 1 is 1.32 bits per heavy atom. The van der Waals surface area contributed by atoms with Crippen molar-refractivity contribution in [3.05, 3.63) is 0 Å². The third kappa shape index (κ3) is 5.11. The van der Waals surface area contributed by atoms with Gasteiger partial charge in [-0.25, -0.2) is 0 Å². The largest absolute Gasteiger partial charge is 0.352 e. The Morgan fingerprint density at radius 2 is 1.95 bits per heavy atom. The van der Waals surface area contributed by atoms with Crippen molar-refractivity contribution in [3.8, 4) is 0 Å². The zero-order chi connectivity index (χ0) is 14.3. The average molecular weight is 269 g/mol. The first kappa shape index (κ1) is 16.4. The second kappa shape index (κ2) is 8.54. The molecule has 1 aliphatic carbocycles. The number of likely N-dealkylation sites (N-methyl/N-ethyl adjacent to an activating group) is 1. The summed E-state index contributed by atoms with van der Waals surface area (Å²) in [5, 5.41) is 3.18. The number of rotatable bonds is 7. The van der Waals surface area contributed by atoms with Gasteiger partial charge < -0.3 is 16.0 Å². The predicted molar refractivity (Wildman–Crippen MR) is 79.9 cm³/mol. The predicted octanol–water partition coefficient (Wildman–Crippen LogP) is 1.60. The molecular formula is C15H31N3O. The fourth-order valence-corrected chi connectivity index (χ4v) is 3.10. The molecule has 3 atom stereocenters. The number of nitrogens with zero attached hydrogens (tertiary/aromatic N) is 1. The van der Waals surface area contributed by atoms with Gasteiger partial charge in [-0.05, 0) is 45.3 Å². The lowest BCUT2D eigenvalue weighted by Crippen LogP contribution is -2.46. The van der Waals surface area contributed by atoms with Crippen LogP contribution in [0.3, 0.4) is 0 Å². The first-order valence-electron chi connectivity index (χ1n) is 7.85. The fourth-order valence-electron chi connectivity index (χ4n) is 3.10. The zero-order valence-corrected chi connectivity index (χ0v) is 12.8. The molecule has 112 valence electrons. The van der Waals surface area contributed by atoms with E-state index in [2.05, 4.69) is 31.0 Å². The van der Waals surface area contributed by atoms with Crippen LogP contribution in [0.25, 0.3) is 0 Å². The van der Waals surface area contributed by atoms with Gasteiger partial charge in [0, 0.05) is 18.5 Å². The van der Waals surface area contributed by atoms with E-state index in [1.165, 1.54) is 12.8 Å². The van der Waals surface area contributed by atoms with Crippen molar-refractivity contribution in [1.29, 1.82) is 0 Å². The molecular weight excluding hydrogens is 238 g/mol. The monoisotopic (exact) mass is 269 g/mol. The van der Waals surface area contributed by atoms with E-state index in [1.807, 2.05) is 0 Å². The van der Waals surface area contributed by atoms with Crippen LogP contribution in [0, 0.1) is 11.8 Å². The highest BCUT2D eigenvalue weighted by atomic mass is 16.2. The highest BCUT2D eigenvalue weighted by Gasteiger charge is 2.30. The molecule has 3 unspecified atom stereocenters. The fraction of sp³-hybridized carbons (Fsp3) is 0.933. The van der Waals surface area contributed by atoms with Crippen molar-refractivity contribution in [2.45, 2.75) is 52.5 Å². The van der Waals surface area contributed by atoms with Gasteiger partial charge in [0.05, 0.1) is 0 Å². The maximum atomic E-state index is 12.4. The molecule has 0 saturated heterocycles. The molecule has 0 bridgehead atoms. The summed E-state index contributed by atoms with van der Waals surface area (Å²) >= 11 is 0. The van der Waals surface area contributed by atoms with Crippen LogP contribution in [-0.4, -0.2) is 43.0 Å². The highest BCUT2D eigenvalue weighted by Crippen LogP contribution is 2.29. The van der Waals surface area contributed by atoms with Gasteiger partial charge >= 0.3 is 0 Å². The Bertz CT molecular complexity index is 266. The van der Waals surface area contributed by atoms with Crippen molar-refractivity contribution in [2.24, 2.45) is 17.6 Å². The summed E-state index contributed by atoms with van der Waals surface area (Å²) in [7, 11) is 0. The first-order chi connectivity index (χ1) is 9.12. The quantitative estimate of drug-likeness (QED) is 0.738. The molecule has 1 fully saturated rings. The Hall–Kier alpha value is -0.610. The van der Waals surface area contributed by atoms with E-state index in [0.29, 0.717) is 12.5 Å². The number of carbonyl (C=O) groups excluding carboxylic acids is 1. The van der Waals surface area contributed by atoms with Crippen molar-refractivity contribution >= 4 is 5.91 Å². The molecule has 4 nitrogen and oxygen atoms in total. The SMILES string of the molecule is CCN(CC)CC(C)NC(=O)C1CCCCC1CN. The van der Waals surface area contributed by atoms with Crippen molar-refractivity contribution in [2.75, 3.05) is 26.2 Å². The number of nitrogens with one attached hydrogen (secondary N) is 1. The third-order valence-electron chi connectivity index (χ3n) is 4.36. The molecule has 0 aromatic carbocycles. The molecule has 0 heterocycles. The highest BCUT2D eigenvalue weighted by molar-refractivity contribution is 5.79. The van der Waals surface area contributed by atoms with Gasteiger partial charge in [0.15, 0.2) is 0 Å². The van der Waals surface area contributed by atoms with E-state index in [1.54, 1.807) is 0 Å². The molecule has 3 N–H and O–H groups in total. The van der Waals surface area contributed by atoms with E-state index in [9.17, 15) is 4.79 Å². The van der Waals surface area contributed by atoms with Gasteiger partial charge in [0.2, 0.25) is 5.91 Å². The van der Waals surface area contributed by atoms with Crippen LogP contribution in [0.2, 0.25) is 0 Å². The van der Waals surface area contributed by atoms with Gasteiger partial charge in [-0.2, -0.15) is 0 Å². The summed E-state index contributed by atoms with van der Waals surface area (Å²) in [6, 6.07) is 0.216. The van der Waals surface area contributed by atoms with Gasteiger partial charge in [-0.3, -0.25) is 4.79 Å². The molecule has 0 aromatic rings. The van der Waals surface area contributed by atoms with E-state index in [4.69, 9.17) is 5.73 Å². The van der Waals surface area contributed by atoms with Crippen LogP contribution in [-0.2, 0) is 4.79 Å². The molecule has 1 aliphatic rings. The van der Waals surface area contributed by atoms with Crippen LogP contribution in [0.1, 0.15) is 46.5 Å². The smallest absolute Gasteiger partial charge is 0.223 e. The molecule has 19 heavy (non-hydrogen) atoms. The Morgan fingerprint density at radius 3 is 2.53 bits per heavy atom. The summed E-state index contributed by atoms with van der Waals surface area (Å²) in [6.07, 6.45) is 4.50. The lowest BCUT2D eigenvalue weighted by Gasteiger charge is -2.31. The number of nitrogens with two attached hydrogens (primary N) is 1. The number of carbonyl (C=O) groups is 1. The van der Waals surface area contributed by atoms with Gasteiger partial charge in [0.25, 0.3) is 0 Å². The molecule has 1 saturated carbocycles. The summed E-state index contributed by atoms with van der Waals surface area (Å²) in [5.74, 6) is 0.738. The second-order valence-corrected chi connectivity index (χ2v) is 5.78. The van der Waals surface area contributed by atoms with Crippen LogP contribution in [0.15, 0.2) is 0 Å². The number of hydrogen-bond acceptors (Lipinski definition) is 3. The van der Waals surface area contributed by atoms with E-state index >= 15 is 0 Å². The second-order valence-electron chi connectivity index (χ2n) is 5.78. The number of hydrogen-bond donors (Lipinski definition) is 2. The Kier molecular flexibility index (Phi) is 7.39. The van der Waals surface area contributed by atoms with Gasteiger partial charge in [-0.1, -0.05) is 26.7 Å².